The first-order valence-corrected chi connectivity index (χ1v) is 18.3. The van der Waals surface area contributed by atoms with Crippen molar-refractivity contribution in [1.82, 2.24) is 19.4 Å². The van der Waals surface area contributed by atoms with Gasteiger partial charge in [0.15, 0.2) is 0 Å². The summed E-state index contributed by atoms with van der Waals surface area (Å²) < 4.78 is 20.3. The van der Waals surface area contributed by atoms with Crippen LogP contribution < -0.4 is 4.74 Å². The van der Waals surface area contributed by atoms with Gasteiger partial charge in [0.25, 0.3) is 0 Å². The van der Waals surface area contributed by atoms with Crippen LogP contribution in [0.3, 0.4) is 0 Å². The molecule has 4 fully saturated rings. The molecule has 8 heteroatoms. The monoisotopic (exact) mass is 866 g/mol. The van der Waals surface area contributed by atoms with Gasteiger partial charge in [0.1, 0.15) is 12.1 Å². The van der Waals surface area contributed by atoms with E-state index >= 15 is 0 Å². The quantitative estimate of drug-likeness (QED) is 0.164. The summed E-state index contributed by atoms with van der Waals surface area (Å²) in [5.41, 5.74) is 6.90. The van der Waals surface area contributed by atoms with Crippen molar-refractivity contribution in [2.75, 3.05) is 0 Å². The van der Waals surface area contributed by atoms with E-state index in [1.807, 2.05) is 53.1 Å². The normalized spacial score (nSPS) is 25.4. The van der Waals surface area contributed by atoms with Crippen molar-refractivity contribution < 1.29 is 35.3 Å². The summed E-state index contributed by atoms with van der Waals surface area (Å²) in [5.74, 6) is 6.10. The molecule has 4 aliphatic carbocycles. The molecule has 0 radical (unpaired) electrons. The number of benzene rings is 3. The number of hydrogen-bond acceptors (Lipinski definition) is 6. The summed E-state index contributed by atoms with van der Waals surface area (Å²) in [4.78, 5) is 8.79. The Hall–Kier alpha value is -4.48. The number of hydrogen-bond donors (Lipinski definition) is 0. The van der Waals surface area contributed by atoms with Crippen molar-refractivity contribution in [1.29, 1.82) is 0 Å². The Bertz CT molecular complexity index is 2350. The first-order chi connectivity index (χ1) is 24.8. The number of ether oxygens (including phenoxy) is 3. The van der Waals surface area contributed by atoms with Gasteiger partial charge in [-0.15, -0.1) is 48.0 Å². The van der Waals surface area contributed by atoms with Crippen LogP contribution >= 0.6 is 0 Å². The summed E-state index contributed by atoms with van der Waals surface area (Å²) in [6.07, 6.45) is 15.5. The molecule has 3 aliphatic heterocycles. The minimum absolute atomic E-state index is 0. The van der Waals surface area contributed by atoms with Crippen molar-refractivity contribution in [2.24, 2.45) is 17.8 Å². The molecule has 0 saturated heterocycles. The van der Waals surface area contributed by atoms with Gasteiger partial charge in [-0.25, -0.2) is 4.98 Å². The summed E-state index contributed by atoms with van der Waals surface area (Å²) >= 11 is 0. The molecular weight excluding hydrogens is 828 g/mol. The second-order valence-electron chi connectivity index (χ2n) is 16.6. The summed E-state index contributed by atoms with van der Waals surface area (Å²) in [7, 11) is 0. The first kappa shape index (κ1) is 32.2. The third-order valence-corrected chi connectivity index (χ3v) is 12.2. The van der Waals surface area contributed by atoms with Crippen molar-refractivity contribution in [3.63, 3.8) is 0 Å². The van der Waals surface area contributed by atoms with Gasteiger partial charge in [0.05, 0.1) is 6.26 Å². The minimum Gasteiger partial charge on any atom is -0.503 e. The molecule has 3 aromatic carbocycles. The molecule has 4 saturated carbocycles. The third kappa shape index (κ3) is 4.91. The molecule has 266 valence electrons. The zero-order valence-electron chi connectivity index (χ0n) is 29.5. The minimum atomic E-state index is -0.00923. The third-order valence-electron chi connectivity index (χ3n) is 12.2. The molecule has 52 heavy (non-hydrogen) atoms. The maximum atomic E-state index is 6.53. The number of nitrogens with zero attached hydrogens (tertiary/aromatic N) is 4. The van der Waals surface area contributed by atoms with E-state index in [1.54, 1.807) is 12.5 Å². The molecule has 5 aromatic rings. The topological polar surface area (TPSA) is 52.0 Å². The average molecular weight is 867 g/mol. The SMILES string of the molecule is CC(C)(C)c1ccnc(-n2c3[c-]c(Oc4[c-]c(C5=COC6=C7OC=CN7[CH-]N56)ccc4)ccc3c3cc(C45CC6CC(CC(C6)C4)C5)ccc32)c1.[Pt]. The van der Waals surface area contributed by atoms with Crippen molar-refractivity contribution in [3.8, 4) is 17.3 Å². The van der Waals surface area contributed by atoms with Gasteiger partial charge < -0.3 is 28.6 Å². The fourth-order valence-electron chi connectivity index (χ4n) is 10.3. The van der Waals surface area contributed by atoms with Gasteiger partial charge in [-0.3, -0.25) is 0 Å². The van der Waals surface area contributed by atoms with E-state index in [0.29, 0.717) is 28.7 Å². The number of fused-ring (bicyclic) bond motifs is 5. The molecular formula is C44H39N4O3Pt-3. The van der Waals surface area contributed by atoms with E-state index in [0.717, 1.165) is 45.9 Å². The molecule has 7 aliphatic rings. The van der Waals surface area contributed by atoms with Crippen molar-refractivity contribution in [2.45, 2.75) is 70.1 Å². The van der Waals surface area contributed by atoms with E-state index in [4.69, 9.17) is 19.2 Å². The van der Waals surface area contributed by atoms with Gasteiger partial charge >= 0.3 is 0 Å². The summed E-state index contributed by atoms with van der Waals surface area (Å²) in [5, 5.41) is 2.43. The van der Waals surface area contributed by atoms with Crippen LogP contribution in [0.4, 0.5) is 0 Å². The molecule has 0 amide bonds. The van der Waals surface area contributed by atoms with E-state index < -0.39 is 0 Å². The van der Waals surface area contributed by atoms with Gasteiger partial charge in [-0.2, -0.15) is 6.07 Å². The number of pyridine rings is 1. The Morgan fingerprint density at radius 3 is 2.44 bits per heavy atom. The Balaban J connectivity index is 0.00000338. The van der Waals surface area contributed by atoms with Crippen LogP contribution in [0.15, 0.2) is 97.4 Å². The van der Waals surface area contributed by atoms with Crippen LogP contribution in [0, 0.1) is 36.6 Å². The zero-order valence-corrected chi connectivity index (χ0v) is 31.7. The van der Waals surface area contributed by atoms with E-state index in [-0.39, 0.29) is 26.5 Å². The van der Waals surface area contributed by atoms with Crippen LogP contribution in [-0.2, 0) is 41.4 Å². The molecule has 0 atom stereocenters. The molecule has 2 aromatic heterocycles. The first-order valence-electron chi connectivity index (χ1n) is 18.3. The van der Waals surface area contributed by atoms with Crippen LogP contribution in [0.2, 0.25) is 0 Å². The fourth-order valence-corrected chi connectivity index (χ4v) is 10.3. The predicted octanol–water partition coefficient (Wildman–Crippen LogP) is 10.0. The molecule has 0 N–H and O–H groups in total. The average Bonchev–Trinajstić information content (AvgIpc) is 3.88. The van der Waals surface area contributed by atoms with Gasteiger partial charge in [0, 0.05) is 50.5 Å². The van der Waals surface area contributed by atoms with Gasteiger partial charge in [0.2, 0.25) is 11.8 Å². The van der Waals surface area contributed by atoms with Gasteiger partial charge in [-0.1, -0.05) is 44.5 Å². The van der Waals surface area contributed by atoms with Gasteiger partial charge in [-0.05, 0) is 108 Å². The summed E-state index contributed by atoms with van der Waals surface area (Å²) in [6, 6.07) is 28.9. The summed E-state index contributed by atoms with van der Waals surface area (Å²) in [6.45, 7) is 8.69. The number of rotatable bonds is 5. The van der Waals surface area contributed by atoms with Crippen LogP contribution in [0.5, 0.6) is 11.5 Å². The van der Waals surface area contributed by atoms with Crippen LogP contribution in [-0.4, -0.2) is 19.4 Å². The molecule has 5 heterocycles. The van der Waals surface area contributed by atoms with Crippen LogP contribution in [0.25, 0.3) is 33.3 Å². The maximum absolute atomic E-state index is 6.53. The van der Waals surface area contributed by atoms with Crippen LogP contribution in [0.1, 0.15) is 76.0 Å². The van der Waals surface area contributed by atoms with E-state index in [1.165, 1.54) is 60.4 Å². The van der Waals surface area contributed by atoms with Crippen molar-refractivity contribution >= 4 is 27.5 Å². The van der Waals surface area contributed by atoms with Crippen molar-refractivity contribution in [3.05, 3.63) is 133 Å². The Morgan fingerprint density at radius 1 is 0.865 bits per heavy atom. The Morgan fingerprint density at radius 2 is 1.65 bits per heavy atom. The maximum Gasteiger partial charge on any atom is 0.229 e. The molecule has 12 rings (SSSR count). The largest absolute Gasteiger partial charge is 0.503 e. The smallest absolute Gasteiger partial charge is 0.229 e. The Kier molecular flexibility index (Phi) is 7.12. The predicted molar refractivity (Wildman–Crippen MR) is 196 cm³/mol. The van der Waals surface area contributed by atoms with E-state index in [9.17, 15) is 0 Å². The second kappa shape index (κ2) is 11.5. The molecule has 4 bridgehead atoms. The molecule has 0 unspecified atom stereocenters. The standard InChI is InChI=1S/C44H39N4O3.Pt/c1-43(2,3)31-11-12-45-40(20-31)48-37-10-7-32(44-22-27-15-28(23-44)17-29(16-27)24-44)19-36(37)35-9-8-34(21-38(35)48)51-33-6-4-5-30(18-33)39-25-50-42-41-46(13-14-49-41)26-47(39)42;/h4-14,19-20,25-29H,15-17,22-24H2,1-3H3;/q-3;. The number of aromatic nitrogens is 2. The second-order valence-corrected chi connectivity index (χ2v) is 16.6. The Labute approximate surface area is 318 Å². The molecule has 0 spiro atoms. The fraction of sp³-hybridized carbons (Fsp3) is 0.318. The zero-order chi connectivity index (χ0) is 34.1. The van der Waals surface area contributed by atoms with E-state index in [2.05, 4.69) is 73.9 Å². The molecule has 7 nitrogen and oxygen atoms in total.